The molecule has 0 radical (unpaired) electrons. The molecule has 0 aliphatic carbocycles. The molecular weight excluding hydrogens is 254 g/mol. The van der Waals surface area contributed by atoms with Gasteiger partial charge in [-0.2, -0.15) is 0 Å². The molecule has 1 aliphatic rings. The summed E-state index contributed by atoms with van der Waals surface area (Å²) in [4.78, 5) is 0. The molecule has 1 rings (SSSR count). The Morgan fingerprint density at radius 1 is 1.50 bits per heavy atom. The predicted molar refractivity (Wildman–Crippen MR) is 71.4 cm³/mol. The van der Waals surface area contributed by atoms with Crippen molar-refractivity contribution in [3.05, 3.63) is 0 Å². The molecule has 2 N–H and O–H groups in total. The highest BCUT2D eigenvalue weighted by Crippen LogP contribution is 2.22. The summed E-state index contributed by atoms with van der Waals surface area (Å²) in [5.74, 6) is 0.392. The number of sulfone groups is 1. The van der Waals surface area contributed by atoms with Crippen molar-refractivity contribution in [1.29, 1.82) is 0 Å². The van der Waals surface area contributed by atoms with Crippen molar-refractivity contribution in [2.24, 2.45) is 0 Å². The average molecular weight is 279 g/mol. The molecule has 0 saturated carbocycles. The molecule has 5 nitrogen and oxygen atoms in total. The first kappa shape index (κ1) is 15.9. The van der Waals surface area contributed by atoms with Crippen LogP contribution in [0.2, 0.25) is 0 Å². The topological polar surface area (TPSA) is 75.6 Å². The number of nitrogens with one attached hydrogen (secondary N) is 1. The molecule has 1 aliphatic heterocycles. The number of hydrogen-bond donors (Lipinski definition) is 2. The lowest BCUT2D eigenvalue weighted by molar-refractivity contribution is 0.0327. The van der Waals surface area contributed by atoms with Crippen LogP contribution in [0.15, 0.2) is 0 Å². The van der Waals surface area contributed by atoms with Gasteiger partial charge >= 0.3 is 0 Å². The van der Waals surface area contributed by atoms with Crippen molar-refractivity contribution >= 4 is 9.84 Å². The molecule has 18 heavy (non-hydrogen) atoms. The van der Waals surface area contributed by atoms with E-state index in [9.17, 15) is 13.5 Å². The van der Waals surface area contributed by atoms with E-state index in [4.69, 9.17) is 4.74 Å². The minimum atomic E-state index is -2.90. The molecule has 0 spiro atoms. The first-order chi connectivity index (χ1) is 8.37. The first-order valence-corrected chi connectivity index (χ1v) is 8.40. The van der Waals surface area contributed by atoms with E-state index >= 15 is 0 Å². The molecule has 0 amide bonds. The van der Waals surface area contributed by atoms with Crippen molar-refractivity contribution in [2.75, 3.05) is 31.3 Å². The van der Waals surface area contributed by atoms with Crippen molar-refractivity contribution in [2.45, 2.75) is 44.8 Å². The van der Waals surface area contributed by atoms with Crippen LogP contribution in [0, 0.1) is 0 Å². The number of aliphatic hydroxyl groups is 1. The van der Waals surface area contributed by atoms with E-state index in [1.165, 1.54) is 0 Å². The van der Waals surface area contributed by atoms with E-state index < -0.39 is 21.5 Å². The van der Waals surface area contributed by atoms with Gasteiger partial charge in [-0.15, -0.1) is 0 Å². The number of aliphatic hydroxyl groups excluding tert-OH is 1. The van der Waals surface area contributed by atoms with Crippen LogP contribution in [-0.2, 0) is 14.6 Å². The van der Waals surface area contributed by atoms with Crippen molar-refractivity contribution < 1.29 is 18.3 Å². The third-order valence-corrected chi connectivity index (χ3v) is 5.12. The van der Waals surface area contributed by atoms with E-state index in [1.807, 2.05) is 6.92 Å². The first-order valence-electron chi connectivity index (χ1n) is 6.58. The highest BCUT2D eigenvalue weighted by molar-refractivity contribution is 7.91. The van der Waals surface area contributed by atoms with Crippen LogP contribution in [0.3, 0.4) is 0 Å². The molecular formula is C12H25NO4S. The second-order valence-electron chi connectivity index (χ2n) is 5.37. The fraction of sp³-hybridized carbons (Fsp3) is 1.00. The SMILES string of the molecule is CCCCOCC(O)CNC1(C)CCS(=O)(=O)C1. The summed E-state index contributed by atoms with van der Waals surface area (Å²) in [6.45, 7) is 5.32. The fourth-order valence-corrected chi connectivity index (χ4v) is 4.16. The van der Waals surface area contributed by atoms with Crippen LogP contribution in [-0.4, -0.2) is 56.4 Å². The van der Waals surface area contributed by atoms with Crippen LogP contribution in [0.1, 0.15) is 33.1 Å². The van der Waals surface area contributed by atoms with Crippen LogP contribution in [0.5, 0.6) is 0 Å². The number of β-amino-alcohol motifs (C(OH)–C–C–N with tert-alkyl or cyclic N) is 1. The Balaban J connectivity index is 2.20. The van der Waals surface area contributed by atoms with Gasteiger partial charge in [0.2, 0.25) is 0 Å². The van der Waals surface area contributed by atoms with E-state index in [-0.39, 0.29) is 11.5 Å². The molecule has 0 aromatic heterocycles. The summed E-state index contributed by atoms with van der Waals surface area (Å²) in [6.07, 6.45) is 2.10. The summed E-state index contributed by atoms with van der Waals surface area (Å²) < 4.78 is 28.1. The third-order valence-electron chi connectivity index (χ3n) is 3.22. The Morgan fingerprint density at radius 2 is 2.22 bits per heavy atom. The van der Waals surface area contributed by atoms with E-state index in [0.717, 1.165) is 12.8 Å². The number of rotatable bonds is 8. The van der Waals surface area contributed by atoms with Crippen molar-refractivity contribution in [1.82, 2.24) is 5.32 Å². The zero-order valence-corrected chi connectivity index (χ0v) is 12.1. The fourth-order valence-electron chi connectivity index (χ4n) is 2.04. The Bertz CT molecular complexity index is 344. The summed E-state index contributed by atoms with van der Waals surface area (Å²) in [5.41, 5.74) is -0.400. The van der Waals surface area contributed by atoms with Gasteiger partial charge in [-0.1, -0.05) is 13.3 Å². The second kappa shape index (κ2) is 6.84. The Labute approximate surface area is 110 Å². The zero-order valence-electron chi connectivity index (χ0n) is 11.3. The molecule has 1 saturated heterocycles. The minimum absolute atomic E-state index is 0.156. The molecule has 2 atom stereocenters. The smallest absolute Gasteiger partial charge is 0.152 e. The van der Waals surface area contributed by atoms with E-state index in [0.29, 0.717) is 26.2 Å². The van der Waals surface area contributed by atoms with E-state index in [2.05, 4.69) is 12.2 Å². The normalized spacial score (nSPS) is 28.4. The summed E-state index contributed by atoms with van der Waals surface area (Å²) in [5, 5.41) is 12.9. The maximum Gasteiger partial charge on any atom is 0.152 e. The van der Waals surface area contributed by atoms with Crippen LogP contribution < -0.4 is 5.32 Å². The summed E-state index contributed by atoms with van der Waals surface area (Å²) >= 11 is 0. The highest BCUT2D eigenvalue weighted by Gasteiger charge is 2.38. The highest BCUT2D eigenvalue weighted by atomic mass is 32.2. The number of unbranched alkanes of at least 4 members (excludes halogenated alkanes) is 1. The van der Waals surface area contributed by atoms with Gasteiger partial charge in [-0.25, -0.2) is 8.42 Å². The van der Waals surface area contributed by atoms with Gasteiger partial charge in [0.05, 0.1) is 24.2 Å². The maximum absolute atomic E-state index is 11.4. The molecule has 6 heteroatoms. The molecule has 1 heterocycles. The van der Waals surface area contributed by atoms with Gasteiger partial charge in [0.25, 0.3) is 0 Å². The molecule has 2 unspecified atom stereocenters. The second-order valence-corrected chi connectivity index (χ2v) is 7.55. The monoisotopic (exact) mass is 279 g/mol. The number of ether oxygens (including phenoxy) is 1. The predicted octanol–water partition coefficient (Wildman–Crippen LogP) is 0.331. The largest absolute Gasteiger partial charge is 0.389 e. The van der Waals surface area contributed by atoms with Gasteiger partial charge in [-0.05, 0) is 19.8 Å². The van der Waals surface area contributed by atoms with Crippen LogP contribution in [0.4, 0.5) is 0 Å². The lowest BCUT2D eigenvalue weighted by Gasteiger charge is -2.25. The zero-order chi connectivity index (χ0) is 13.6. The number of hydrogen-bond acceptors (Lipinski definition) is 5. The third kappa shape index (κ3) is 5.65. The Morgan fingerprint density at radius 3 is 2.78 bits per heavy atom. The molecule has 0 aromatic carbocycles. The van der Waals surface area contributed by atoms with Crippen molar-refractivity contribution in [3.63, 3.8) is 0 Å². The van der Waals surface area contributed by atoms with Gasteiger partial charge in [0.15, 0.2) is 9.84 Å². The molecule has 108 valence electrons. The Hall–Kier alpha value is -0.170. The lowest BCUT2D eigenvalue weighted by Crippen LogP contribution is -2.47. The van der Waals surface area contributed by atoms with Crippen molar-refractivity contribution in [3.8, 4) is 0 Å². The molecule has 0 aromatic rings. The molecule has 1 fully saturated rings. The van der Waals surface area contributed by atoms with Gasteiger partial charge in [0, 0.05) is 18.7 Å². The standard InChI is InChI=1S/C12H25NO4S/c1-3-4-6-17-9-11(14)8-13-12(2)5-7-18(15,16)10-12/h11,13-14H,3-10H2,1-2H3. The van der Waals surface area contributed by atoms with E-state index in [1.54, 1.807) is 0 Å². The molecule has 0 bridgehead atoms. The average Bonchev–Trinajstić information content (AvgIpc) is 2.57. The van der Waals surface area contributed by atoms with Crippen LogP contribution >= 0.6 is 0 Å². The Kier molecular flexibility index (Phi) is 6.04. The van der Waals surface area contributed by atoms with Gasteiger partial charge in [0.1, 0.15) is 0 Å². The lowest BCUT2D eigenvalue weighted by atomic mass is 10.0. The maximum atomic E-state index is 11.4. The minimum Gasteiger partial charge on any atom is -0.389 e. The quantitative estimate of drug-likeness (QED) is 0.626. The van der Waals surface area contributed by atoms with Crippen LogP contribution in [0.25, 0.3) is 0 Å². The van der Waals surface area contributed by atoms with Gasteiger partial charge in [-0.3, -0.25) is 0 Å². The summed E-state index contributed by atoms with van der Waals surface area (Å²) in [7, 11) is -2.90. The van der Waals surface area contributed by atoms with Gasteiger partial charge < -0.3 is 15.2 Å². The summed E-state index contributed by atoms with van der Waals surface area (Å²) in [6, 6.07) is 0.